The van der Waals surface area contributed by atoms with Crippen LogP contribution >= 0.6 is 31.9 Å². The van der Waals surface area contributed by atoms with Gasteiger partial charge in [0.1, 0.15) is 5.60 Å². The first-order valence-electron chi connectivity index (χ1n) is 6.42. The van der Waals surface area contributed by atoms with Crippen LogP contribution in [0.15, 0.2) is 0 Å². The summed E-state index contributed by atoms with van der Waals surface area (Å²) in [5, 5.41) is 1.96. The van der Waals surface area contributed by atoms with Crippen LogP contribution in [0.2, 0.25) is 0 Å². The van der Waals surface area contributed by atoms with Gasteiger partial charge in [0.25, 0.3) is 0 Å². The first-order valence-corrected chi connectivity index (χ1v) is 8.66. The Morgan fingerprint density at radius 2 is 1.83 bits per heavy atom. The van der Waals surface area contributed by atoms with Gasteiger partial charge in [0.2, 0.25) is 0 Å². The van der Waals surface area contributed by atoms with Gasteiger partial charge < -0.3 is 9.64 Å². The summed E-state index contributed by atoms with van der Waals surface area (Å²) in [6, 6.07) is 0. The van der Waals surface area contributed by atoms with Crippen LogP contribution < -0.4 is 0 Å². The maximum Gasteiger partial charge on any atom is 0.410 e. The van der Waals surface area contributed by atoms with Crippen LogP contribution in [0.5, 0.6) is 0 Å². The number of amides is 1. The maximum atomic E-state index is 12.0. The van der Waals surface area contributed by atoms with E-state index in [2.05, 4.69) is 31.9 Å². The predicted molar refractivity (Wildman–Crippen MR) is 81.7 cm³/mol. The molecule has 18 heavy (non-hydrogen) atoms. The van der Waals surface area contributed by atoms with E-state index in [0.717, 1.165) is 43.0 Å². The van der Waals surface area contributed by atoms with Gasteiger partial charge in [-0.15, -0.1) is 0 Å². The van der Waals surface area contributed by atoms with Crippen LogP contribution in [0.25, 0.3) is 0 Å². The number of halogens is 2. The number of ether oxygens (including phenoxy) is 1. The van der Waals surface area contributed by atoms with Gasteiger partial charge in [0, 0.05) is 23.7 Å². The minimum absolute atomic E-state index is 0.178. The van der Waals surface area contributed by atoms with Crippen molar-refractivity contribution in [3.8, 4) is 0 Å². The van der Waals surface area contributed by atoms with Crippen LogP contribution in [-0.2, 0) is 4.74 Å². The number of likely N-dealkylation sites (tertiary alicyclic amines) is 1. The highest BCUT2D eigenvalue weighted by Crippen LogP contribution is 2.35. The minimum Gasteiger partial charge on any atom is -0.444 e. The third-order valence-electron chi connectivity index (χ3n) is 3.27. The molecule has 0 saturated carbocycles. The van der Waals surface area contributed by atoms with Crippen molar-refractivity contribution < 1.29 is 9.53 Å². The Balaban J connectivity index is 2.59. The molecule has 1 rings (SSSR count). The number of nitrogens with zero attached hydrogens (tertiary/aromatic N) is 1. The fourth-order valence-electron chi connectivity index (χ4n) is 2.07. The summed E-state index contributed by atoms with van der Waals surface area (Å²) >= 11 is 7.21. The molecule has 1 aliphatic rings. The lowest BCUT2D eigenvalue weighted by atomic mass is 9.85. The molecule has 0 bridgehead atoms. The summed E-state index contributed by atoms with van der Waals surface area (Å²) in [7, 11) is 0. The molecule has 0 unspecified atom stereocenters. The van der Waals surface area contributed by atoms with E-state index >= 15 is 0 Å². The lowest BCUT2D eigenvalue weighted by molar-refractivity contribution is 0.0253. The van der Waals surface area contributed by atoms with Gasteiger partial charge in [-0.3, -0.25) is 0 Å². The Kier molecular flexibility index (Phi) is 5.97. The highest BCUT2D eigenvalue weighted by atomic mass is 79.9. The van der Waals surface area contributed by atoms with Crippen LogP contribution in [0, 0.1) is 5.41 Å². The summed E-state index contributed by atoms with van der Waals surface area (Å²) in [6.07, 6.45) is 3.02. The standard InChI is InChI=1S/C13H23Br2NO2/c1-12(2,3)18-11(17)16-7-4-5-13(9-14,10-15)6-8-16/h4-10H2,1-3H3. The quantitative estimate of drug-likeness (QED) is 0.668. The molecule has 1 saturated heterocycles. The SMILES string of the molecule is CC(C)(C)OC(=O)N1CCCC(CBr)(CBr)CC1. The summed E-state index contributed by atoms with van der Waals surface area (Å²) in [5.74, 6) is 0. The predicted octanol–water partition coefficient (Wildman–Crippen LogP) is 4.18. The second-order valence-electron chi connectivity index (χ2n) is 6.09. The first kappa shape index (κ1) is 16.3. The zero-order chi connectivity index (χ0) is 13.8. The molecule has 3 nitrogen and oxygen atoms in total. The van der Waals surface area contributed by atoms with Crippen molar-refractivity contribution in [3.05, 3.63) is 0 Å². The lowest BCUT2D eigenvalue weighted by Crippen LogP contribution is -2.38. The second-order valence-corrected chi connectivity index (χ2v) is 7.21. The number of hydrogen-bond donors (Lipinski definition) is 0. The molecule has 5 heteroatoms. The minimum atomic E-state index is -0.411. The van der Waals surface area contributed by atoms with Crippen LogP contribution in [0.4, 0.5) is 4.79 Å². The topological polar surface area (TPSA) is 29.5 Å². The molecule has 1 amide bonds. The fraction of sp³-hybridized carbons (Fsp3) is 0.923. The van der Waals surface area contributed by atoms with E-state index in [4.69, 9.17) is 4.74 Å². The van der Waals surface area contributed by atoms with Crippen molar-refractivity contribution >= 4 is 38.0 Å². The van der Waals surface area contributed by atoms with Crippen molar-refractivity contribution in [2.45, 2.75) is 45.6 Å². The number of carbonyl (C=O) groups is 1. The van der Waals surface area contributed by atoms with Gasteiger partial charge in [-0.05, 0) is 45.4 Å². The van der Waals surface area contributed by atoms with Crippen molar-refractivity contribution in [1.29, 1.82) is 0 Å². The highest BCUT2D eigenvalue weighted by molar-refractivity contribution is 9.09. The van der Waals surface area contributed by atoms with Crippen LogP contribution in [0.1, 0.15) is 40.0 Å². The van der Waals surface area contributed by atoms with Gasteiger partial charge in [-0.1, -0.05) is 31.9 Å². The smallest absolute Gasteiger partial charge is 0.410 e. The summed E-state index contributed by atoms with van der Waals surface area (Å²) in [6.45, 7) is 7.31. The summed E-state index contributed by atoms with van der Waals surface area (Å²) in [4.78, 5) is 13.9. The molecule has 0 radical (unpaired) electrons. The Morgan fingerprint density at radius 1 is 1.22 bits per heavy atom. The maximum absolute atomic E-state index is 12.0. The Hall–Kier alpha value is 0.230. The molecule has 0 aromatic carbocycles. The fourth-order valence-corrected chi connectivity index (χ4v) is 4.12. The average Bonchev–Trinajstić information content (AvgIpc) is 2.49. The molecule has 1 fully saturated rings. The molecule has 0 N–H and O–H groups in total. The Bertz CT molecular complexity index is 285. The van der Waals surface area contributed by atoms with E-state index < -0.39 is 5.60 Å². The van der Waals surface area contributed by atoms with Gasteiger partial charge in [-0.2, -0.15) is 0 Å². The largest absolute Gasteiger partial charge is 0.444 e. The Labute approximate surface area is 127 Å². The zero-order valence-corrected chi connectivity index (χ0v) is 14.6. The number of hydrogen-bond acceptors (Lipinski definition) is 2. The Morgan fingerprint density at radius 3 is 2.33 bits per heavy atom. The lowest BCUT2D eigenvalue weighted by Gasteiger charge is -2.29. The molecule has 0 aromatic rings. The van der Waals surface area contributed by atoms with E-state index in [1.54, 1.807) is 0 Å². The van der Waals surface area contributed by atoms with Gasteiger partial charge in [-0.25, -0.2) is 4.79 Å². The third-order valence-corrected chi connectivity index (χ3v) is 5.64. The zero-order valence-electron chi connectivity index (χ0n) is 11.5. The van der Waals surface area contributed by atoms with Gasteiger partial charge in [0.05, 0.1) is 0 Å². The normalized spacial score (nSPS) is 20.4. The van der Waals surface area contributed by atoms with E-state index in [-0.39, 0.29) is 11.5 Å². The van der Waals surface area contributed by atoms with Crippen molar-refractivity contribution in [2.75, 3.05) is 23.7 Å². The molecular weight excluding hydrogens is 362 g/mol. The number of carbonyl (C=O) groups excluding carboxylic acids is 1. The summed E-state index contributed by atoms with van der Waals surface area (Å²) in [5.41, 5.74) is -0.137. The molecule has 0 spiro atoms. The van der Waals surface area contributed by atoms with Gasteiger partial charge in [0.15, 0.2) is 0 Å². The van der Waals surface area contributed by atoms with E-state index in [9.17, 15) is 4.79 Å². The number of rotatable bonds is 2. The molecule has 106 valence electrons. The number of alkyl halides is 2. The average molecular weight is 385 g/mol. The van der Waals surface area contributed by atoms with Crippen molar-refractivity contribution in [3.63, 3.8) is 0 Å². The monoisotopic (exact) mass is 383 g/mol. The second kappa shape index (κ2) is 6.60. The van der Waals surface area contributed by atoms with Crippen molar-refractivity contribution in [1.82, 2.24) is 4.90 Å². The van der Waals surface area contributed by atoms with Crippen LogP contribution in [0.3, 0.4) is 0 Å². The van der Waals surface area contributed by atoms with E-state index in [1.165, 1.54) is 0 Å². The molecular formula is C13H23Br2NO2. The molecule has 1 heterocycles. The molecule has 0 aliphatic carbocycles. The molecule has 1 aliphatic heterocycles. The van der Waals surface area contributed by atoms with E-state index in [1.807, 2.05) is 25.7 Å². The summed E-state index contributed by atoms with van der Waals surface area (Å²) < 4.78 is 5.43. The van der Waals surface area contributed by atoms with Gasteiger partial charge >= 0.3 is 6.09 Å². The highest BCUT2D eigenvalue weighted by Gasteiger charge is 2.33. The van der Waals surface area contributed by atoms with Crippen molar-refractivity contribution in [2.24, 2.45) is 5.41 Å². The van der Waals surface area contributed by atoms with Crippen LogP contribution in [-0.4, -0.2) is 40.3 Å². The molecule has 0 aromatic heterocycles. The van der Waals surface area contributed by atoms with E-state index in [0.29, 0.717) is 0 Å². The first-order chi connectivity index (χ1) is 8.32. The third kappa shape index (κ3) is 4.72. The molecule has 0 atom stereocenters.